The van der Waals surface area contributed by atoms with Gasteiger partial charge in [-0.3, -0.25) is 14.1 Å². The summed E-state index contributed by atoms with van der Waals surface area (Å²) in [6, 6.07) is 12.6. The van der Waals surface area contributed by atoms with Crippen LogP contribution in [0.1, 0.15) is 31.4 Å². The van der Waals surface area contributed by atoms with Crippen molar-refractivity contribution in [3.63, 3.8) is 0 Å². The number of nitrogens with zero attached hydrogens (tertiary/aromatic N) is 5. The Morgan fingerprint density at radius 1 is 1.07 bits per heavy atom. The van der Waals surface area contributed by atoms with E-state index in [4.69, 9.17) is 4.98 Å². The molecule has 2 saturated heterocycles. The zero-order valence-electron chi connectivity index (χ0n) is 16.0. The third kappa shape index (κ3) is 3.18. The van der Waals surface area contributed by atoms with Crippen molar-refractivity contribution in [3.05, 3.63) is 54.5 Å². The third-order valence-electron chi connectivity index (χ3n) is 5.95. The van der Waals surface area contributed by atoms with Crippen LogP contribution in [0.2, 0.25) is 0 Å². The molecule has 144 valence electrons. The fourth-order valence-electron chi connectivity index (χ4n) is 4.61. The number of aromatic nitrogens is 3. The standard InChI is InChI=1S/C22H25N5O/c28-20-10-5-13-26(20)18-9-4-12-25(15-18)16-19-21(17-7-2-1-3-8-17)24-22-23-11-6-14-27(19)22/h1-3,6-8,11,14,18H,4-5,9-10,12-13,15-16H2. The number of rotatable bonds is 4. The van der Waals surface area contributed by atoms with Crippen molar-refractivity contribution >= 4 is 11.7 Å². The van der Waals surface area contributed by atoms with Gasteiger partial charge in [0.05, 0.1) is 11.4 Å². The van der Waals surface area contributed by atoms with Gasteiger partial charge < -0.3 is 4.90 Å². The number of benzene rings is 1. The SMILES string of the molecule is O=C1CCCN1C1CCCN(Cc2c(-c3ccccc3)nc3ncccn23)C1. The molecule has 0 aliphatic carbocycles. The average molecular weight is 375 g/mol. The maximum absolute atomic E-state index is 12.2. The van der Waals surface area contributed by atoms with E-state index in [0.717, 1.165) is 62.5 Å². The van der Waals surface area contributed by atoms with Crippen molar-refractivity contribution in [2.24, 2.45) is 0 Å². The lowest BCUT2D eigenvalue weighted by atomic mass is 10.0. The molecule has 6 nitrogen and oxygen atoms in total. The van der Waals surface area contributed by atoms with Crippen LogP contribution in [0.3, 0.4) is 0 Å². The van der Waals surface area contributed by atoms with Gasteiger partial charge in [0.2, 0.25) is 11.7 Å². The summed E-state index contributed by atoms with van der Waals surface area (Å²) < 4.78 is 2.10. The summed E-state index contributed by atoms with van der Waals surface area (Å²) in [6.45, 7) is 3.73. The molecule has 2 fully saturated rings. The van der Waals surface area contributed by atoms with Gasteiger partial charge in [-0.2, -0.15) is 0 Å². The Bertz CT molecular complexity index is 983. The Morgan fingerprint density at radius 2 is 1.96 bits per heavy atom. The van der Waals surface area contributed by atoms with Gasteiger partial charge in [-0.25, -0.2) is 9.97 Å². The number of carbonyl (C=O) groups is 1. The Morgan fingerprint density at radius 3 is 2.79 bits per heavy atom. The summed E-state index contributed by atoms with van der Waals surface area (Å²) in [5.41, 5.74) is 3.28. The van der Waals surface area contributed by atoms with E-state index < -0.39 is 0 Å². The van der Waals surface area contributed by atoms with Crippen molar-refractivity contribution in [2.45, 2.75) is 38.3 Å². The van der Waals surface area contributed by atoms with Crippen molar-refractivity contribution in [1.82, 2.24) is 24.2 Å². The van der Waals surface area contributed by atoms with Gasteiger partial charge in [0.15, 0.2) is 0 Å². The van der Waals surface area contributed by atoms with Gasteiger partial charge in [-0.1, -0.05) is 30.3 Å². The lowest BCUT2D eigenvalue weighted by Crippen LogP contribution is -2.48. The van der Waals surface area contributed by atoms with E-state index in [-0.39, 0.29) is 0 Å². The number of hydrogen-bond acceptors (Lipinski definition) is 4. The predicted molar refractivity (Wildman–Crippen MR) is 108 cm³/mol. The molecule has 3 aromatic rings. The van der Waals surface area contributed by atoms with E-state index in [1.165, 1.54) is 5.69 Å². The number of fused-ring (bicyclic) bond motifs is 1. The van der Waals surface area contributed by atoms with E-state index in [2.05, 4.69) is 31.3 Å². The molecule has 1 atom stereocenters. The molecule has 2 aliphatic rings. The largest absolute Gasteiger partial charge is 0.338 e. The highest BCUT2D eigenvalue weighted by Crippen LogP contribution is 2.27. The molecule has 6 heteroatoms. The Labute approximate surface area is 164 Å². The molecule has 1 aromatic carbocycles. The van der Waals surface area contributed by atoms with Crippen LogP contribution >= 0.6 is 0 Å². The molecule has 5 rings (SSSR count). The number of hydrogen-bond donors (Lipinski definition) is 0. The first-order valence-corrected chi connectivity index (χ1v) is 10.2. The minimum atomic E-state index is 0.329. The molecule has 2 aromatic heterocycles. The maximum atomic E-state index is 12.2. The Hall–Kier alpha value is -2.73. The quantitative estimate of drug-likeness (QED) is 0.703. The number of piperidine rings is 1. The molecule has 28 heavy (non-hydrogen) atoms. The fourth-order valence-corrected chi connectivity index (χ4v) is 4.61. The topological polar surface area (TPSA) is 53.7 Å². The summed E-state index contributed by atoms with van der Waals surface area (Å²) in [4.78, 5) is 26.0. The monoisotopic (exact) mass is 375 g/mol. The summed E-state index contributed by atoms with van der Waals surface area (Å²) >= 11 is 0. The lowest BCUT2D eigenvalue weighted by molar-refractivity contribution is -0.130. The Balaban J connectivity index is 1.45. The highest BCUT2D eigenvalue weighted by Gasteiger charge is 2.32. The van der Waals surface area contributed by atoms with Crippen LogP contribution in [-0.2, 0) is 11.3 Å². The molecule has 0 radical (unpaired) electrons. The summed E-state index contributed by atoms with van der Waals surface area (Å²) in [6.07, 6.45) is 7.80. The first kappa shape index (κ1) is 17.4. The van der Waals surface area contributed by atoms with Crippen LogP contribution in [0.4, 0.5) is 0 Å². The van der Waals surface area contributed by atoms with Gasteiger partial charge in [0, 0.05) is 50.1 Å². The smallest absolute Gasteiger partial charge is 0.234 e. The van der Waals surface area contributed by atoms with E-state index in [0.29, 0.717) is 18.4 Å². The lowest BCUT2D eigenvalue weighted by Gasteiger charge is -2.37. The number of carbonyl (C=O) groups excluding carboxylic acids is 1. The zero-order valence-corrected chi connectivity index (χ0v) is 16.0. The van der Waals surface area contributed by atoms with Crippen molar-refractivity contribution in [2.75, 3.05) is 19.6 Å². The first-order valence-electron chi connectivity index (χ1n) is 10.2. The van der Waals surface area contributed by atoms with Gasteiger partial charge in [-0.15, -0.1) is 0 Å². The predicted octanol–water partition coefficient (Wildman–Crippen LogP) is 2.98. The van der Waals surface area contributed by atoms with Crippen LogP contribution in [0, 0.1) is 0 Å². The van der Waals surface area contributed by atoms with Crippen molar-refractivity contribution < 1.29 is 4.79 Å². The first-order chi connectivity index (χ1) is 13.8. The van der Waals surface area contributed by atoms with Crippen molar-refractivity contribution in [3.8, 4) is 11.3 Å². The maximum Gasteiger partial charge on any atom is 0.234 e. The second-order valence-electron chi connectivity index (χ2n) is 7.78. The molecule has 0 saturated carbocycles. The second-order valence-corrected chi connectivity index (χ2v) is 7.78. The molecule has 4 heterocycles. The van der Waals surface area contributed by atoms with Gasteiger partial charge in [0.1, 0.15) is 0 Å². The van der Waals surface area contributed by atoms with Gasteiger partial charge in [-0.05, 0) is 31.9 Å². The second kappa shape index (κ2) is 7.36. The zero-order chi connectivity index (χ0) is 18.9. The van der Waals surface area contributed by atoms with Crippen LogP contribution in [-0.4, -0.2) is 55.8 Å². The summed E-state index contributed by atoms with van der Waals surface area (Å²) in [5.74, 6) is 1.07. The van der Waals surface area contributed by atoms with Crippen molar-refractivity contribution in [1.29, 1.82) is 0 Å². The molecular formula is C22H25N5O. The molecule has 2 aliphatic heterocycles. The summed E-state index contributed by atoms with van der Waals surface area (Å²) in [7, 11) is 0. The van der Waals surface area contributed by atoms with Crippen LogP contribution in [0.5, 0.6) is 0 Å². The minimum absolute atomic E-state index is 0.329. The number of imidazole rings is 1. The number of amides is 1. The molecule has 0 spiro atoms. The van der Waals surface area contributed by atoms with E-state index in [1.54, 1.807) is 6.20 Å². The van der Waals surface area contributed by atoms with E-state index in [1.807, 2.05) is 30.5 Å². The minimum Gasteiger partial charge on any atom is -0.338 e. The molecule has 1 unspecified atom stereocenters. The van der Waals surface area contributed by atoms with Crippen LogP contribution < -0.4 is 0 Å². The number of likely N-dealkylation sites (tertiary alicyclic amines) is 2. The third-order valence-corrected chi connectivity index (χ3v) is 5.95. The molecule has 0 N–H and O–H groups in total. The summed E-state index contributed by atoms with van der Waals surface area (Å²) in [5, 5.41) is 0. The molecular weight excluding hydrogens is 350 g/mol. The highest BCUT2D eigenvalue weighted by molar-refractivity contribution is 5.78. The molecule has 0 bridgehead atoms. The fraction of sp³-hybridized carbons (Fsp3) is 0.409. The van der Waals surface area contributed by atoms with Gasteiger partial charge >= 0.3 is 0 Å². The average Bonchev–Trinajstić information content (AvgIpc) is 3.33. The molecule has 1 amide bonds. The normalized spacial score (nSPS) is 20.9. The van der Waals surface area contributed by atoms with Crippen LogP contribution in [0.15, 0.2) is 48.8 Å². The van der Waals surface area contributed by atoms with E-state index in [9.17, 15) is 4.79 Å². The van der Waals surface area contributed by atoms with Crippen LogP contribution in [0.25, 0.3) is 17.0 Å². The van der Waals surface area contributed by atoms with Gasteiger partial charge in [0.25, 0.3) is 0 Å². The highest BCUT2D eigenvalue weighted by atomic mass is 16.2. The Kier molecular flexibility index (Phi) is 4.56. The van der Waals surface area contributed by atoms with E-state index >= 15 is 0 Å².